The van der Waals surface area contributed by atoms with Crippen LogP contribution < -0.4 is 5.73 Å². The molecule has 0 radical (unpaired) electrons. The van der Waals surface area contributed by atoms with E-state index in [1.807, 2.05) is 11.3 Å². The van der Waals surface area contributed by atoms with Crippen molar-refractivity contribution in [1.29, 1.82) is 0 Å². The van der Waals surface area contributed by atoms with Crippen molar-refractivity contribution in [2.24, 2.45) is 5.73 Å². The summed E-state index contributed by atoms with van der Waals surface area (Å²) in [7, 11) is 0. The van der Waals surface area contributed by atoms with E-state index in [-0.39, 0.29) is 6.04 Å². The second kappa shape index (κ2) is 5.48. The lowest BCUT2D eigenvalue weighted by Crippen LogP contribution is -2.29. The molecule has 2 heteroatoms. The third kappa shape index (κ3) is 2.60. The van der Waals surface area contributed by atoms with E-state index >= 15 is 0 Å². The van der Waals surface area contributed by atoms with E-state index in [9.17, 15) is 0 Å². The van der Waals surface area contributed by atoms with Crippen LogP contribution in [0.4, 0.5) is 0 Å². The first-order valence-corrected chi connectivity index (χ1v) is 8.00. The van der Waals surface area contributed by atoms with Crippen LogP contribution in [0.3, 0.4) is 0 Å². The largest absolute Gasteiger partial charge is 0.327 e. The van der Waals surface area contributed by atoms with Gasteiger partial charge in [-0.2, -0.15) is 0 Å². The zero-order valence-electron chi connectivity index (χ0n) is 11.4. The maximum atomic E-state index is 6.48. The Morgan fingerprint density at radius 2 is 2.00 bits per heavy atom. The van der Waals surface area contributed by atoms with Crippen LogP contribution in [-0.2, 0) is 19.3 Å². The minimum Gasteiger partial charge on any atom is -0.327 e. The van der Waals surface area contributed by atoms with Gasteiger partial charge in [-0.15, -0.1) is 11.3 Å². The van der Waals surface area contributed by atoms with E-state index < -0.39 is 0 Å². The summed E-state index contributed by atoms with van der Waals surface area (Å²) in [5, 5.41) is 0. The van der Waals surface area contributed by atoms with Gasteiger partial charge in [-0.25, -0.2) is 0 Å². The number of aryl methyl sites for hydroxylation is 2. The van der Waals surface area contributed by atoms with Gasteiger partial charge in [0.25, 0.3) is 0 Å². The molecule has 0 bridgehead atoms. The third-order valence-corrected chi connectivity index (χ3v) is 5.45. The molecule has 2 N–H and O–H groups in total. The molecule has 0 fully saturated rings. The Morgan fingerprint density at radius 1 is 1.21 bits per heavy atom. The zero-order valence-corrected chi connectivity index (χ0v) is 12.2. The number of fused-ring (bicyclic) bond motifs is 1. The highest BCUT2D eigenvalue weighted by Crippen LogP contribution is 2.36. The summed E-state index contributed by atoms with van der Waals surface area (Å²) < 4.78 is 0. The smallest absolute Gasteiger partial charge is 0.0157 e. The average molecular weight is 271 g/mol. The molecule has 0 amide bonds. The molecule has 1 heterocycles. The molecule has 2 unspecified atom stereocenters. The molecule has 19 heavy (non-hydrogen) atoms. The van der Waals surface area contributed by atoms with E-state index in [4.69, 9.17) is 5.73 Å². The molecule has 1 aliphatic carbocycles. The molecule has 0 spiro atoms. The third-order valence-electron chi connectivity index (χ3n) is 4.20. The molecular weight excluding hydrogens is 250 g/mol. The van der Waals surface area contributed by atoms with Crippen LogP contribution in [-0.4, -0.2) is 6.04 Å². The number of thiophene rings is 1. The first-order chi connectivity index (χ1) is 9.28. The van der Waals surface area contributed by atoms with Crippen LogP contribution in [0, 0.1) is 0 Å². The van der Waals surface area contributed by atoms with Crippen LogP contribution in [0.1, 0.15) is 40.1 Å². The molecule has 1 nitrogen and oxygen atoms in total. The summed E-state index contributed by atoms with van der Waals surface area (Å²) in [4.78, 5) is 2.91. The second-order valence-electron chi connectivity index (χ2n) is 5.43. The molecule has 1 aromatic heterocycles. The fraction of sp³-hybridized carbons (Fsp3) is 0.412. The van der Waals surface area contributed by atoms with Gasteiger partial charge in [0.1, 0.15) is 0 Å². The maximum Gasteiger partial charge on any atom is 0.0157 e. The van der Waals surface area contributed by atoms with E-state index in [0.717, 1.165) is 12.8 Å². The molecule has 0 saturated heterocycles. The van der Waals surface area contributed by atoms with Crippen LogP contribution in [0.15, 0.2) is 36.4 Å². The summed E-state index contributed by atoms with van der Waals surface area (Å²) in [6.07, 6.45) is 4.56. The maximum absolute atomic E-state index is 6.48. The molecule has 2 atom stereocenters. The Hall–Kier alpha value is -1.12. The van der Waals surface area contributed by atoms with E-state index in [2.05, 4.69) is 43.3 Å². The molecule has 2 aromatic rings. The molecule has 100 valence electrons. The van der Waals surface area contributed by atoms with Crippen molar-refractivity contribution in [3.05, 3.63) is 57.3 Å². The Kier molecular flexibility index (Phi) is 3.72. The Bertz CT molecular complexity index is 558. The molecule has 3 rings (SSSR count). The van der Waals surface area contributed by atoms with Gasteiger partial charge in [-0.05, 0) is 54.9 Å². The minimum absolute atomic E-state index is 0.256. The van der Waals surface area contributed by atoms with Crippen molar-refractivity contribution in [1.82, 2.24) is 0 Å². The average Bonchev–Trinajstić information content (AvgIpc) is 3.04. The molecular formula is C17H21NS. The van der Waals surface area contributed by atoms with Gasteiger partial charge in [-0.1, -0.05) is 31.2 Å². The van der Waals surface area contributed by atoms with Crippen molar-refractivity contribution in [3.8, 4) is 0 Å². The van der Waals surface area contributed by atoms with Gasteiger partial charge in [0.2, 0.25) is 0 Å². The highest BCUT2D eigenvalue weighted by Gasteiger charge is 2.27. The monoisotopic (exact) mass is 271 g/mol. The minimum atomic E-state index is 0.256. The van der Waals surface area contributed by atoms with Crippen LogP contribution >= 0.6 is 11.3 Å². The molecule has 0 aliphatic heterocycles. The summed E-state index contributed by atoms with van der Waals surface area (Å²) in [6.45, 7) is 2.21. The standard InChI is InChI=1S/C17H21NS/c1-2-13-8-9-14(19-13)11-17(18)16-10-7-12-5-3-4-6-15(12)16/h3-6,8-9,16-17H,2,7,10-11,18H2,1H3. The van der Waals surface area contributed by atoms with Crippen molar-refractivity contribution >= 4 is 11.3 Å². The van der Waals surface area contributed by atoms with Gasteiger partial charge in [0.05, 0.1) is 0 Å². The number of benzene rings is 1. The van der Waals surface area contributed by atoms with Crippen molar-refractivity contribution < 1.29 is 0 Å². The summed E-state index contributed by atoms with van der Waals surface area (Å²) >= 11 is 1.92. The highest BCUT2D eigenvalue weighted by molar-refractivity contribution is 7.11. The van der Waals surface area contributed by atoms with E-state index in [1.165, 1.54) is 33.7 Å². The number of hydrogen-bond acceptors (Lipinski definition) is 2. The van der Waals surface area contributed by atoms with Crippen molar-refractivity contribution in [2.75, 3.05) is 0 Å². The fourth-order valence-electron chi connectivity index (χ4n) is 3.13. The highest BCUT2D eigenvalue weighted by atomic mass is 32.1. The summed E-state index contributed by atoms with van der Waals surface area (Å²) in [6, 6.07) is 13.6. The van der Waals surface area contributed by atoms with Crippen LogP contribution in [0.5, 0.6) is 0 Å². The second-order valence-corrected chi connectivity index (χ2v) is 6.69. The van der Waals surface area contributed by atoms with Gasteiger partial charge in [-0.3, -0.25) is 0 Å². The van der Waals surface area contributed by atoms with E-state index in [0.29, 0.717) is 5.92 Å². The molecule has 1 aliphatic rings. The van der Waals surface area contributed by atoms with Gasteiger partial charge in [0, 0.05) is 15.8 Å². The predicted molar refractivity (Wildman–Crippen MR) is 82.9 cm³/mol. The first-order valence-electron chi connectivity index (χ1n) is 7.19. The molecule has 1 aromatic carbocycles. The number of rotatable bonds is 4. The van der Waals surface area contributed by atoms with Crippen molar-refractivity contribution in [3.63, 3.8) is 0 Å². The van der Waals surface area contributed by atoms with Gasteiger partial charge in [0.15, 0.2) is 0 Å². The van der Waals surface area contributed by atoms with E-state index in [1.54, 1.807) is 0 Å². The van der Waals surface area contributed by atoms with Crippen molar-refractivity contribution in [2.45, 2.75) is 44.6 Å². The van der Waals surface area contributed by atoms with Gasteiger partial charge >= 0.3 is 0 Å². The predicted octanol–water partition coefficient (Wildman–Crippen LogP) is 3.91. The quantitative estimate of drug-likeness (QED) is 0.896. The topological polar surface area (TPSA) is 26.0 Å². The first kappa shape index (κ1) is 12.9. The van der Waals surface area contributed by atoms with Crippen LogP contribution in [0.25, 0.3) is 0 Å². The zero-order chi connectivity index (χ0) is 13.2. The Morgan fingerprint density at radius 3 is 2.79 bits per heavy atom. The Labute approximate surface area is 119 Å². The lowest BCUT2D eigenvalue weighted by molar-refractivity contribution is 0.528. The van der Waals surface area contributed by atoms with Crippen LogP contribution in [0.2, 0.25) is 0 Å². The normalized spacial score (nSPS) is 19.4. The summed E-state index contributed by atoms with van der Waals surface area (Å²) in [5.74, 6) is 0.545. The lowest BCUT2D eigenvalue weighted by Gasteiger charge is -2.19. The molecule has 0 saturated carbocycles. The Balaban J connectivity index is 1.73. The number of nitrogens with two attached hydrogens (primary N) is 1. The fourth-order valence-corrected chi connectivity index (χ4v) is 4.16. The lowest BCUT2D eigenvalue weighted by atomic mass is 9.91. The SMILES string of the molecule is CCc1ccc(CC(N)C2CCc3ccccc32)s1. The van der Waals surface area contributed by atoms with Gasteiger partial charge < -0.3 is 5.73 Å². The number of hydrogen-bond donors (Lipinski definition) is 1. The summed E-state index contributed by atoms with van der Waals surface area (Å²) in [5.41, 5.74) is 9.47.